The lowest BCUT2D eigenvalue weighted by atomic mass is 10.2. The minimum absolute atomic E-state index is 0.221. The average Bonchev–Trinajstić information content (AvgIpc) is 2.65. The largest absolute Gasteiger partial charge is 0.479 e. The zero-order chi connectivity index (χ0) is 18.5. The molecule has 0 aliphatic carbocycles. The van der Waals surface area contributed by atoms with Gasteiger partial charge in [0.25, 0.3) is 5.91 Å². The number of amides is 1. The van der Waals surface area contributed by atoms with Crippen molar-refractivity contribution in [2.45, 2.75) is 20.0 Å². The van der Waals surface area contributed by atoms with Crippen LogP contribution in [-0.2, 0) is 9.53 Å². The number of benzene rings is 2. The molecule has 5 nitrogen and oxygen atoms in total. The van der Waals surface area contributed by atoms with Crippen LogP contribution in [-0.4, -0.2) is 38.3 Å². The van der Waals surface area contributed by atoms with Crippen molar-refractivity contribution in [3.63, 3.8) is 0 Å². The number of hydrogen-bond donors (Lipinski definition) is 1. The molecule has 1 heterocycles. The fraction of sp³-hybridized carbons (Fsp3) is 0.350. The highest BCUT2D eigenvalue weighted by molar-refractivity contribution is 6.32. The zero-order valence-corrected chi connectivity index (χ0v) is 15.8. The number of nitrogens with zero attached hydrogens (tertiary/aromatic N) is 1. The van der Waals surface area contributed by atoms with Gasteiger partial charge >= 0.3 is 0 Å². The second kappa shape index (κ2) is 8.43. The Morgan fingerprint density at radius 2 is 2.00 bits per heavy atom. The van der Waals surface area contributed by atoms with Crippen molar-refractivity contribution >= 4 is 28.9 Å². The molecule has 1 unspecified atom stereocenters. The van der Waals surface area contributed by atoms with E-state index in [2.05, 4.69) is 10.2 Å². The van der Waals surface area contributed by atoms with E-state index in [1.54, 1.807) is 13.0 Å². The third-order valence-electron chi connectivity index (χ3n) is 4.25. The molecule has 26 heavy (non-hydrogen) atoms. The second-order valence-corrected chi connectivity index (χ2v) is 6.74. The lowest BCUT2D eigenvalue weighted by molar-refractivity contribution is -0.122. The fourth-order valence-electron chi connectivity index (χ4n) is 2.79. The molecule has 6 heteroatoms. The summed E-state index contributed by atoms with van der Waals surface area (Å²) in [6.07, 6.45) is -0.665. The first-order valence-electron chi connectivity index (χ1n) is 8.69. The highest BCUT2D eigenvalue weighted by Crippen LogP contribution is 2.26. The van der Waals surface area contributed by atoms with Crippen molar-refractivity contribution < 1.29 is 14.3 Å². The molecule has 1 fully saturated rings. The monoisotopic (exact) mass is 374 g/mol. The smallest absolute Gasteiger partial charge is 0.265 e. The third-order valence-corrected chi connectivity index (χ3v) is 4.56. The van der Waals surface area contributed by atoms with Crippen molar-refractivity contribution in [2.24, 2.45) is 0 Å². The molecule has 2 aromatic rings. The maximum absolute atomic E-state index is 12.5. The molecule has 1 atom stereocenters. The van der Waals surface area contributed by atoms with Crippen LogP contribution >= 0.6 is 11.6 Å². The number of anilines is 2. The Morgan fingerprint density at radius 1 is 1.23 bits per heavy atom. The van der Waals surface area contributed by atoms with E-state index in [4.69, 9.17) is 21.1 Å². The van der Waals surface area contributed by atoms with E-state index in [1.165, 1.54) is 0 Å². The van der Waals surface area contributed by atoms with Crippen molar-refractivity contribution in [1.82, 2.24) is 0 Å². The molecular weight excluding hydrogens is 352 g/mol. The molecule has 138 valence electrons. The van der Waals surface area contributed by atoms with E-state index in [0.29, 0.717) is 10.8 Å². The molecule has 1 amide bonds. The Bertz CT molecular complexity index is 775. The van der Waals surface area contributed by atoms with E-state index < -0.39 is 6.10 Å². The van der Waals surface area contributed by atoms with Gasteiger partial charge in [-0.3, -0.25) is 4.79 Å². The highest BCUT2D eigenvalue weighted by Gasteiger charge is 2.17. The van der Waals surface area contributed by atoms with Crippen LogP contribution in [0.25, 0.3) is 0 Å². The number of rotatable bonds is 5. The Morgan fingerprint density at radius 3 is 2.77 bits per heavy atom. The van der Waals surface area contributed by atoms with Crippen LogP contribution in [0.4, 0.5) is 11.4 Å². The van der Waals surface area contributed by atoms with Crippen molar-refractivity contribution in [2.75, 3.05) is 36.5 Å². The predicted octanol–water partition coefficient (Wildman–Crippen LogP) is 3.89. The summed E-state index contributed by atoms with van der Waals surface area (Å²) in [5.41, 5.74) is 2.83. The SMILES string of the molecule is Cc1ccc(Cl)c(OC(C)C(=O)Nc2cccc(N3CCOCC3)c2)c1. The minimum Gasteiger partial charge on any atom is -0.479 e. The Kier molecular flexibility index (Phi) is 6.01. The summed E-state index contributed by atoms with van der Waals surface area (Å²) in [6.45, 7) is 6.80. The quantitative estimate of drug-likeness (QED) is 0.862. The van der Waals surface area contributed by atoms with Crippen molar-refractivity contribution in [3.8, 4) is 5.75 Å². The van der Waals surface area contributed by atoms with Gasteiger partial charge in [0.05, 0.1) is 18.2 Å². The topological polar surface area (TPSA) is 50.8 Å². The lowest BCUT2D eigenvalue weighted by Crippen LogP contribution is -2.36. The normalized spacial score (nSPS) is 15.4. The van der Waals surface area contributed by atoms with Gasteiger partial charge in [0.2, 0.25) is 0 Å². The Labute approximate surface area is 158 Å². The van der Waals surface area contributed by atoms with Gasteiger partial charge in [-0.15, -0.1) is 0 Å². The van der Waals surface area contributed by atoms with Crippen LogP contribution in [0.15, 0.2) is 42.5 Å². The summed E-state index contributed by atoms with van der Waals surface area (Å²) in [5.74, 6) is 0.290. The fourth-order valence-corrected chi connectivity index (χ4v) is 2.95. The average molecular weight is 375 g/mol. The van der Waals surface area contributed by atoms with Crippen LogP contribution in [0.5, 0.6) is 5.75 Å². The Balaban J connectivity index is 1.64. The first-order valence-corrected chi connectivity index (χ1v) is 9.07. The van der Waals surface area contributed by atoms with Gasteiger partial charge in [-0.1, -0.05) is 23.7 Å². The van der Waals surface area contributed by atoms with Crippen LogP contribution in [0.3, 0.4) is 0 Å². The van der Waals surface area contributed by atoms with E-state index >= 15 is 0 Å². The number of nitrogens with one attached hydrogen (secondary N) is 1. The van der Waals surface area contributed by atoms with Crippen molar-refractivity contribution in [1.29, 1.82) is 0 Å². The van der Waals surface area contributed by atoms with Crippen LogP contribution in [0.2, 0.25) is 5.02 Å². The molecule has 0 saturated carbocycles. The maximum Gasteiger partial charge on any atom is 0.265 e. The molecule has 1 saturated heterocycles. The minimum atomic E-state index is -0.665. The van der Waals surface area contributed by atoms with Gasteiger partial charge in [-0.05, 0) is 49.7 Å². The first-order chi connectivity index (χ1) is 12.5. The number of ether oxygens (including phenoxy) is 2. The predicted molar refractivity (Wildman–Crippen MR) is 104 cm³/mol. The first kappa shape index (κ1) is 18.5. The summed E-state index contributed by atoms with van der Waals surface area (Å²) in [5, 5.41) is 3.40. The van der Waals surface area contributed by atoms with E-state index in [0.717, 1.165) is 43.2 Å². The Hall–Kier alpha value is -2.24. The third kappa shape index (κ3) is 4.68. The number of halogens is 1. The van der Waals surface area contributed by atoms with Crippen LogP contribution in [0.1, 0.15) is 12.5 Å². The van der Waals surface area contributed by atoms with Crippen LogP contribution in [0, 0.1) is 6.92 Å². The van der Waals surface area contributed by atoms with Gasteiger partial charge in [0, 0.05) is 24.5 Å². The number of morpholine rings is 1. The van der Waals surface area contributed by atoms with Crippen molar-refractivity contribution in [3.05, 3.63) is 53.1 Å². The number of hydrogen-bond acceptors (Lipinski definition) is 4. The molecule has 3 rings (SSSR count). The van der Waals surface area contributed by atoms with Gasteiger partial charge in [-0.2, -0.15) is 0 Å². The number of carbonyl (C=O) groups is 1. The number of aryl methyl sites for hydroxylation is 1. The summed E-state index contributed by atoms with van der Waals surface area (Å²) < 4.78 is 11.1. The number of carbonyl (C=O) groups excluding carboxylic acids is 1. The molecule has 1 N–H and O–H groups in total. The second-order valence-electron chi connectivity index (χ2n) is 6.33. The molecule has 2 aromatic carbocycles. The zero-order valence-electron chi connectivity index (χ0n) is 15.0. The molecule has 1 aliphatic rings. The van der Waals surface area contributed by atoms with Gasteiger partial charge < -0.3 is 19.7 Å². The van der Waals surface area contributed by atoms with E-state index in [-0.39, 0.29) is 5.91 Å². The summed E-state index contributed by atoms with van der Waals surface area (Å²) >= 11 is 6.14. The van der Waals surface area contributed by atoms with Gasteiger partial charge in [-0.25, -0.2) is 0 Å². The molecule has 0 radical (unpaired) electrons. The lowest BCUT2D eigenvalue weighted by Gasteiger charge is -2.29. The molecule has 0 bridgehead atoms. The summed E-state index contributed by atoms with van der Waals surface area (Å²) in [7, 11) is 0. The van der Waals surface area contributed by atoms with Crippen LogP contribution < -0.4 is 15.0 Å². The highest BCUT2D eigenvalue weighted by atomic mass is 35.5. The van der Waals surface area contributed by atoms with Gasteiger partial charge in [0.1, 0.15) is 5.75 Å². The summed E-state index contributed by atoms with van der Waals surface area (Å²) in [6, 6.07) is 13.3. The summed E-state index contributed by atoms with van der Waals surface area (Å²) in [4.78, 5) is 14.7. The maximum atomic E-state index is 12.5. The van der Waals surface area contributed by atoms with Gasteiger partial charge in [0.15, 0.2) is 6.10 Å². The molecule has 0 aromatic heterocycles. The molecule has 1 aliphatic heterocycles. The molecule has 0 spiro atoms. The molecular formula is C20H23ClN2O3. The standard InChI is InChI=1S/C20H23ClN2O3/c1-14-6-7-18(21)19(12-14)26-15(2)20(24)22-16-4-3-5-17(13-16)23-8-10-25-11-9-23/h3-7,12-13,15H,8-11H2,1-2H3,(H,22,24). The van der Waals surface area contributed by atoms with E-state index in [9.17, 15) is 4.79 Å². The van der Waals surface area contributed by atoms with E-state index in [1.807, 2.05) is 43.3 Å².